The second-order valence-electron chi connectivity index (χ2n) is 7.76. The number of hydrogen-bond donors (Lipinski definition) is 3. The van der Waals surface area contributed by atoms with Gasteiger partial charge in [0.05, 0.1) is 17.1 Å². The SMILES string of the molecule is CC(/C=C/C=C/C=C(\C)N(CCCS(=O)(=O)O)c1cccc(C(=O)O)c1C)=N/CCCS(=O)(=O)O. The van der Waals surface area contributed by atoms with E-state index < -0.39 is 32.0 Å². The van der Waals surface area contributed by atoms with Gasteiger partial charge in [0.1, 0.15) is 0 Å². The maximum atomic E-state index is 11.5. The summed E-state index contributed by atoms with van der Waals surface area (Å²) in [6, 6.07) is 4.86. The Kier molecular flexibility index (Phi) is 12.0. The molecule has 0 bridgehead atoms. The van der Waals surface area contributed by atoms with Crippen LogP contribution in [0.3, 0.4) is 0 Å². The lowest BCUT2D eigenvalue weighted by Crippen LogP contribution is -2.25. The van der Waals surface area contributed by atoms with Crippen LogP contribution in [0.5, 0.6) is 0 Å². The number of nitrogens with zero attached hydrogens (tertiary/aromatic N) is 2. The van der Waals surface area contributed by atoms with Crippen molar-refractivity contribution in [2.45, 2.75) is 33.6 Å². The molecule has 12 heteroatoms. The summed E-state index contributed by atoms with van der Waals surface area (Å²) in [7, 11) is -8.11. The molecule has 10 nitrogen and oxygen atoms in total. The van der Waals surface area contributed by atoms with Crippen molar-refractivity contribution in [3.8, 4) is 0 Å². The molecule has 0 saturated heterocycles. The van der Waals surface area contributed by atoms with Gasteiger partial charge < -0.3 is 10.0 Å². The second kappa shape index (κ2) is 13.9. The van der Waals surface area contributed by atoms with E-state index in [2.05, 4.69) is 4.99 Å². The molecule has 1 aromatic rings. The summed E-state index contributed by atoms with van der Waals surface area (Å²) in [6.45, 7) is 5.75. The molecule has 1 rings (SSSR count). The first-order chi connectivity index (χ1) is 16.2. The third-order valence-corrected chi connectivity index (χ3v) is 6.46. The number of anilines is 1. The molecule has 0 heterocycles. The van der Waals surface area contributed by atoms with Crippen LogP contribution in [-0.2, 0) is 20.2 Å². The van der Waals surface area contributed by atoms with Crippen molar-refractivity contribution in [1.82, 2.24) is 0 Å². The third kappa shape index (κ3) is 12.5. The summed E-state index contributed by atoms with van der Waals surface area (Å²) in [5.41, 5.74) is 2.69. The lowest BCUT2D eigenvalue weighted by molar-refractivity contribution is 0.0696. The molecular formula is C23H32N2O8S2. The standard InChI is InChI=1S/C23H32N2O8S2/c1-18(24-14-8-16-34(28,29)30)10-5-4-6-11-19(2)25(15-9-17-35(31,32)33)22-13-7-12-21(20(22)3)23(26)27/h4-7,10-13H,8-9,14-17H2,1-3H3,(H,26,27)(H,28,29,30)(H,31,32,33)/b6-4+,10-5+,19-11+,24-18-. The number of hydrogen-bond acceptors (Lipinski definition) is 7. The number of carbonyl (C=O) groups is 1. The Morgan fingerprint density at radius 3 is 2.23 bits per heavy atom. The Labute approximate surface area is 206 Å². The summed E-state index contributed by atoms with van der Waals surface area (Å²) in [5.74, 6) is -1.83. The molecule has 0 amide bonds. The smallest absolute Gasteiger partial charge is 0.336 e. The predicted molar refractivity (Wildman–Crippen MR) is 138 cm³/mol. The van der Waals surface area contributed by atoms with Gasteiger partial charge in [-0.15, -0.1) is 0 Å². The summed E-state index contributed by atoms with van der Waals surface area (Å²) in [5, 5.41) is 9.43. The highest BCUT2D eigenvalue weighted by Gasteiger charge is 2.17. The first kappa shape index (κ1) is 30.2. The summed E-state index contributed by atoms with van der Waals surface area (Å²) in [6.07, 6.45) is 9.11. The molecular weight excluding hydrogens is 496 g/mol. The molecule has 0 aliphatic carbocycles. The quantitative estimate of drug-likeness (QED) is 0.142. The van der Waals surface area contributed by atoms with Crippen molar-refractivity contribution in [1.29, 1.82) is 0 Å². The Bertz CT molecular complexity index is 1210. The van der Waals surface area contributed by atoms with Crippen molar-refractivity contribution in [3.05, 3.63) is 65.4 Å². The van der Waals surface area contributed by atoms with Gasteiger partial charge in [-0.25, -0.2) is 4.79 Å². The number of benzene rings is 1. The normalized spacial score (nSPS) is 13.6. The molecule has 0 fully saturated rings. The number of carboxylic acid groups (broad SMARTS) is 1. The molecule has 194 valence electrons. The fourth-order valence-corrected chi connectivity index (χ4v) is 4.13. The van der Waals surface area contributed by atoms with Gasteiger partial charge in [-0.05, 0) is 63.5 Å². The Morgan fingerprint density at radius 2 is 1.63 bits per heavy atom. The minimum Gasteiger partial charge on any atom is -0.478 e. The van der Waals surface area contributed by atoms with Gasteiger partial charge in [0.15, 0.2) is 0 Å². The van der Waals surface area contributed by atoms with E-state index in [1.165, 1.54) is 6.07 Å². The molecule has 35 heavy (non-hydrogen) atoms. The molecule has 0 aliphatic heterocycles. The van der Waals surface area contributed by atoms with Crippen LogP contribution in [0.4, 0.5) is 5.69 Å². The van der Waals surface area contributed by atoms with E-state index in [-0.39, 0.29) is 37.2 Å². The number of aromatic carboxylic acids is 1. The average Bonchev–Trinajstić information content (AvgIpc) is 2.73. The molecule has 1 aromatic carbocycles. The average molecular weight is 529 g/mol. The van der Waals surface area contributed by atoms with Gasteiger partial charge in [-0.1, -0.05) is 24.3 Å². The summed E-state index contributed by atoms with van der Waals surface area (Å²) < 4.78 is 61.4. The van der Waals surface area contributed by atoms with Crippen molar-refractivity contribution >= 4 is 37.6 Å². The second-order valence-corrected chi connectivity index (χ2v) is 10.9. The minimum absolute atomic E-state index is 0.137. The highest BCUT2D eigenvalue weighted by atomic mass is 32.2. The van der Waals surface area contributed by atoms with Gasteiger partial charge in [-0.2, -0.15) is 16.8 Å². The summed E-state index contributed by atoms with van der Waals surface area (Å²) in [4.78, 5) is 17.5. The molecule has 0 spiro atoms. The molecule has 0 unspecified atom stereocenters. The lowest BCUT2D eigenvalue weighted by atomic mass is 10.1. The Hall–Kier alpha value is -2.80. The van der Waals surface area contributed by atoms with Crippen LogP contribution < -0.4 is 4.90 Å². The van der Waals surface area contributed by atoms with Gasteiger partial charge in [-0.3, -0.25) is 14.1 Å². The molecule has 3 N–H and O–H groups in total. The van der Waals surface area contributed by atoms with Crippen LogP contribution in [0.15, 0.2) is 59.3 Å². The summed E-state index contributed by atoms with van der Waals surface area (Å²) >= 11 is 0. The maximum Gasteiger partial charge on any atom is 0.336 e. The Morgan fingerprint density at radius 1 is 1.00 bits per heavy atom. The van der Waals surface area contributed by atoms with Crippen molar-refractivity contribution in [2.75, 3.05) is 29.5 Å². The Balaban J connectivity index is 2.99. The predicted octanol–water partition coefficient (Wildman–Crippen LogP) is 3.53. The first-order valence-electron chi connectivity index (χ1n) is 10.7. The number of allylic oxidation sites excluding steroid dienone is 6. The van der Waals surface area contributed by atoms with Gasteiger partial charge >= 0.3 is 5.97 Å². The monoisotopic (exact) mass is 528 g/mol. The van der Waals surface area contributed by atoms with Crippen LogP contribution in [0.2, 0.25) is 0 Å². The fraction of sp³-hybridized carbons (Fsp3) is 0.391. The van der Waals surface area contributed by atoms with Crippen LogP contribution in [0.25, 0.3) is 0 Å². The third-order valence-electron chi connectivity index (χ3n) is 4.85. The lowest BCUT2D eigenvalue weighted by Gasteiger charge is -2.27. The van der Waals surface area contributed by atoms with Crippen LogP contribution in [0, 0.1) is 6.92 Å². The van der Waals surface area contributed by atoms with E-state index in [0.29, 0.717) is 17.0 Å². The van der Waals surface area contributed by atoms with Crippen molar-refractivity contribution in [3.63, 3.8) is 0 Å². The topological polar surface area (TPSA) is 162 Å². The van der Waals surface area contributed by atoms with E-state index in [1.54, 1.807) is 68.2 Å². The van der Waals surface area contributed by atoms with E-state index >= 15 is 0 Å². The van der Waals surface area contributed by atoms with Gasteiger partial charge in [0.25, 0.3) is 20.2 Å². The highest BCUT2D eigenvalue weighted by Crippen LogP contribution is 2.27. The van der Waals surface area contributed by atoms with E-state index in [0.717, 1.165) is 5.70 Å². The molecule has 0 radical (unpaired) electrons. The number of carboxylic acids is 1. The zero-order chi connectivity index (χ0) is 26.6. The molecule has 0 atom stereocenters. The van der Waals surface area contributed by atoms with Crippen LogP contribution >= 0.6 is 0 Å². The zero-order valence-electron chi connectivity index (χ0n) is 20.0. The highest BCUT2D eigenvalue weighted by molar-refractivity contribution is 7.86. The van der Waals surface area contributed by atoms with E-state index in [9.17, 15) is 26.7 Å². The van der Waals surface area contributed by atoms with Crippen molar-refractivity contribution in [2.24, 2.45) is 4.99 Å². The number of rotatable bonds is 14. The van der Waals surface area contributed by atoms with E-state index in [1.807, 2.05) is 0 Å². The zero-order valence-corrected chi connectivity index (χ0v) is 21.6. The fourth-order valence-electron chi connectivity index (χ4n) is 3.14. The molecule has 0 saturated carbocycles. The molecule has 0 aromatic heterocycles. The van der Waals surface area contributed by atoms with Crippen molar-refractivity contribution < 1.29 is 35.8 Å². The number of aliphatic imine (C=N–C) groups is 1. The van der Waals surface area contributed by atoms with E-state index in [4.69, 9.17) is 9.11 Å². The molecule has 0 aliphatic rings. The largest absolute Gasteiger partial charge is 0.478 e. The van der Waals surface area contributed by atoms with Gasteiger partial charge in [0.2, 0.25) is 0 Å². The first-order valence-corrected chi connectivity index (χ1v) is 14.0. The van der Waals surface area contributed by atoms with Crippen LogP contribution in [0.1, 0.15) is 42.6 Å². The minimum atomic E-state index is -4.12. The van der Waals surface area contributed by atoms with Crippen LogP contribution in [-0.4, -0.2) is 67.3 Å². The maximum absolute atomic E-state index is 11.5. The van der Waals surface area contributed by atoms with Gasteiger partial charge in [0, 0.05) is 30.2 Å².